The van der Waals surface area contributed by atoms with Crippen LogP contribution in [0.3, 0.4) is 0 Å². The molecule has 0 saturated heterocycles. The van der Waals surface area contributed by atoms with Crippen LogP contribution < -0.4 is 16.6 Å². The lowest BCUT2D eigenvalue weighted by Crippen LogP contribution is -2.36. The van der Waals surface area contributed by atoms with E-state index in [1.165, 1.54) is 0 Å². The number of nitrogens with one attached hydrogen (secondary N) is 2. The van der Waals surface area contributed by atoms with Crippen molar-refractivity contribution in [2.45, 2.75) is 19.5 Å². The van der Waals surface area contributed by atoms with E-state index < -0.39 is 11.2 Å². The highest BCUT2D eigenvalue weighted by Crippen LogP contribution is 2.17. The zero-order chi connectivity index (χ0) is 21.3. The van der Waals surface area contributed by atoms with Crippen molar-refractivity contribution in [2.24, 2.45) is 7.05 Å². The first-order valence-electron chi connectivity index (χ1n) is 9.67. The average Bonchev–Trinajstić information content (AvgIpc) is 3.08. The van der Waals surface area contributed by atoms with Gasteiger partial charge >= 0.3 is 5.69 Å². The summed E-state index contributed by atoms with van der Waals surface area (Å²) in [6.45, 7) is 2.04. The number of hydrogen-bond acceptors (Lipinski definition) is 3. The molecule has 0 aliphatic heterocycles. The van der Waals surface area contributed by atoms with Crippen LogP contribution in [-0.4, -0.2) is 20.0 Å². The first-order chi connectivity index (χ1) is 14.5. The van der Waals surface area contributed by atoms with E-state index in [1.807, 2.05) is 67.6 Å². The van der Waals surface area contributed by atoms with E-state index in [-0.39, 0.29) is 35.1 Å². The molecule has 2 heterocycles. The highest BCUT2D eigenvalue weighted by Gasteiger charge is 2.21. The SMILES string of the molecule is CC(NC(=O)c1cn(C)c2c(=O)n(Cc3ccccc3)c(=O)[nH]c12)c1ccccc1. The normalized spacial score (nSPS) is 12.1. The molecular weight excluding hydrogens is 380 g/mol. The van der Waals surface area contributed by atoms with Crippen molar-refractivity contribution < 1.29 is 4.79 Å². The fourth-order valence-electron chi connectivity index (χ4n) is 3.59. The molecule has 2 aromatic heterocycles. The number of fused-ring (bicyclic) bond motifs is 1. The summed E-state index contributed by atoms with van der Waals surface area (Å²) in [6.07, 6.45) is 1.57. The summed E-state index contributed by atoms with van der Waals surface area (Å²) in [5.41, 5.74) is 1.61. The summed E-state index contributed by atoms with van der Waals surface area (Å²) in [5, 5.41) is 2.93. The van der Waals surface area contributed by atoms with E-state index in [4.69, 9.17) is 0 Å². The molecule has 0 saturated carbocycles. The molecule has 0 fully saturated rings. The molecular formula is C23H22N4O3. The number of rotatable bonds is 5. The summed E-state index contributed by atoms with van der Waals surface area (Å²) in [6, 6.07) is 18.6. The van der Waals surface area contributed by atoms with Crippen LogP contribution in [0.5, 0.6) is 0 Å². The van der Waals surface area contributed by atoms with Crippen molar-refractivity contribution in [2.75, 3.05) is 0 Å². The molecule has 0 bridgehead atoms. The van der Waals surface area contributed by atoms with Crippen LogP contribution in [0.4, 0.5) is 0 Å². The number of amides is 1. The molecule has 2 aromatic carbocycles. The number of benzene rings is 2. The second kappa shape index (κ2) is 7.87. The predicted molar refractivity (Wildman–Crippen MR) is 116 cm³/mol. The van der Waals surface area contributed by atoms with E-state index in [0.717, 1.165) is 15.7 Å². The van der Waals surface area contributed by atoms with E-state index >= 15 is 0 Å². The fourth-order valence-corrected chi connectivity index (χ4v) is 3.59. The maximum absolute atomic E-state index is 13.0. The lowest BCUT2D eigenvalue weighted by atomic mass is 10.1. The Bertz CT molecular complexity index is 1320. The lowest BCUT2D eigenvalue weighted by molar-refractivity contribution is 0.0941. The van der Waals surface area contributed by atoms with Crippen molar-refractivity contribution in [1.82, 2.24) is 19.4 Å². The van der Waals surface area contributed by atoms with Gasteiger partial charge in [-0.05, 0) is 18.1 Å². The van der Waals surface area contributed by atoms with Gasteiger partial charge < -0.3 is 14.9 Å². The molecule has 0 aliphatic rings. The molecule has 0 spiro atoms. The van der Waals surface area contributed by atoms with Gasteiger partial charge in [0.25, 0.3) is 11.5 Å². The highest BCUT2D eigenvalue weighted by atomic mass is 16.2. The van der Waals surface area contributed by atoms with Crippen LogP contribution in [0.1, 0.15) is 34.5 Å². The van der Waals surface area contributed by atoms with Crippen molar-refractivity contribution >= 4 is 16.9 Å². The van der Waals surface area contributed by atoms with E-state index in [2.05, 4.69) is 10.3 Å². The molecule has 7 nitrogen and oxygen atoms in total. The maximum Gasteiger partial charge on any atom is 0.329 e. The Balaban J connectivity index is 1.72. The Labute approximate surface area is 172 Å². The number of aromatic amines is 1. The number of carbonyl (C=O) groups excluding carboxylic acids is 1. The van der Waals surface area contributed by atoms with Gasteiger partial charge in [-0.15, -0.1) is 0 Å². The van der Waals surface area contributed by atoms with Gasteiger partial charge in [0.05, 0.1) is 23.7 Å². The molecule has 4 aromatic rings. The number of H-pyrrole nitrogens is 1. The standard InChI is InChI=1S/C23H22N4O3/c1-15(17-11-7-4-8-12-17)24-21(28)18-14-26(2)20-19(18)25-23(30)27(22(20)29)13-16-9-5-3-6-10-16/h3-12,14-15H,13H2,1-2H3,(H,24,28)(H,25,30). The Morgan fingerprint density at radius 2 is 1.67 bits per heavy atom. The van der Waals surface area contributed by atoms with Gasteiger partial charge in [0, 0.05) is 13.2 Å². The quantitative estimate of drug-likeness (QED) is 0.538. The molecule has 30 heavy (non-hydrogen) atoms. The largest absolute Gasteiger partial charge is 0.345 e. The molecule has 0 aliphatic carbocycles. The van der Waals surface area contributed by atoms with Crippen LogP contribution >= 0.6 is 0 Å². The maximum atomic E-state index is 13.0. The van der Waals surface area contributed by atoms with Gasteiger partial charge in [0.15, 0.2) is 0 Å². The van der Waals surface area contributed by atoms with Gasteiger partial charge in [0.2, 0.25) is 0 Å². The van der Waals surface area contributed by atoms with Crippen molar-refractivity contribution in [3.8, 4) is 0 Å². The van der Waals surface area contributed by atoms with E-state index in [0.29, 0.717) is 0 Å². The Morgan fingerprint density at radius 1 is 1.03 bits per heavy atom. The number of nitrogens with zero attached hydrogens (tertiary/aromatic N) is 2. The van der Waals surface area contributed by atoms with Crippen molar-refractivity contribution in [3.05, 3.63) is 104 Å². The first-order valence-corrected chi connectivity index (χ1v) is 9.67. The summed E-state index contributed by atoms with van der Waals surface area (Å²) in [7, 11) is 1.69. The second-order valence-corrected chi connectivity index (χ2v) is 7.29. The van der Waals surface area contributed by atoms with E-state index in [9.17, 15) is 14.4 Å². The summed E-state index contributed by atoms with van der Waals surface area (Å²) < 4.78 is 2.73. The number of hydrogen-bond donors (Lipinski definition) is 2. The predicted octanol–water partition coefficient (Wildman–Crippen LogP) is 2.57. The third-order valence-electron chi connectivity index (χ3n) is 5.18. The first kappa shape index (κ1) is 19.4. The van der Waals surface area contributed by atoms with E-state index in [1.54, 1.807) is 17.8 Å². The molecule has 4 rings (SSSR count). The van der Waals surface area contributed by atoms with Gasteiger partial charge in [-0.1, -0.05) is 60.7 Å². The zero-order valence-electron chi connectivity index (χ0n) is 16.8. The third kappa shape index (κ3) is 3.57. The Kier molecular flexibility index (Phi) is 5.10. The Hall–Kier alpha value is -3.87. The molecule has 152 valence electrons. The van der Waals surface area contributed by atoms with Crippen LogP contribution in [0, 0.1) is 0 Å². The number of carbonyl (C=O) groups is 1. The van der Waals surface area contributed by atoms with Gasteiger partial charge in [-0.2, -0.15) is 0 Å². The molecule has 7 heteroatoms. The van der Waals surface area contributed by atoms with Crippen LogP contribution in [0.2, 0.25) is 0 Å². The van der Waals surface area contributed by atoms with Crippen LogP contribution in [0.15, 0.2) is 76.4 Å². The van der Waals surface area contributed by atoms with Gasteiger partial charge in [-0.3, -0.25) is 14.2 Å². The molecule has 2 N–H and O–H groups in total. The van der Waals surface area contributed by atoms with Crippen molar-refractivity contribution in [3.63, 3.8) is 0 Å². The second-order valence-electron chi connectivity index (χ2n) is 7.29. The minimum absolute atomic E-state index is 0.155. The summed E-state index contributed by atoms with van der Waals surface area (Å²) in [4.78, 5) is 41.3. The minimum Gasteiger partial charge on any atom is -0.345 e. The minimum atomic E-state index is -0.548. The smallest absolute Gasteiger partial charge is 0.329 e. The number of aryl methyl sites for hydroxylation is 1. The third-order valence-corrected chi connectivity index (χ3v) is 5.18. The van der Waals surface area contributed by atoms with Crippen molar-refractivity contribution in [1.29, 1.82) is 0 Å². The van der Waals surface area contributed by atoms with Gasteiger partial charge in [-0.25, -0.2) is 4.79 Å². The van der Waals surface area contributed by atoms with Gasteiger partial charge in [0.1, 0.15) is 5.52 Å². The molecule has 1 atom stereocenters. The summed E-state index contributed by atoms with van der Waals surface area (Å²) in [5.74, 6) is -0.354. The fraction of sp³-hybridized carbons (Fsp3) is 0.174. The zero-order valence-corrected chi connectivity index (χ0v) is 16.8. The van der Waals surface area contributed by atoms with Crippen LogP contribution in [0.25, 0.3) is 11.0 Å². The molecule has 1 amide bonds. The number of aromatic nitrogens is 3. The molecule has 1 unspecified atom stereocenters. The Morgan fingerprint density at radius 3 is 2.33 bits per heavy atom. The average molecular weight is 402 g/mol. The molecule has 0 radical (unpaired) electrons. The lowest BCUT2D eigenvalue weighted by Gasteiger charge is -2.13. The summed E-state index contributed by atoms with van der Waals surface area (Å²) >= 11 is 0. The highest BCUT2D eigenvalue weighted by molar-refractivity contribution is 6.05. The monoisotopic (exact) mass is 402 g/mol. The topological polar surface area (TPSA) is 88.9 Å². The van der Waals surface area contributed by atoms with Crippen LogP contribution in [-0.2, 0) is 13.6 Å².